The van der Waals surface area contributed by atoms with E-state index in [9.17, 15) is 0 Å². The molecular weight excluding hydrogens is 202 g/mol. The Morgan fingerprint density at radius 2 is 2.00 bits per heavy atom. The fourth-order valence-electron chi connectivity index (χ4n) is 2.16. The number of hydrogen-bond donors (Lipinski definition) is 1. The Morgan fingerprint density at radius 3 is 2.56 bits per heavy atom. The lowest BCUT2D eigenvalue weighted by atomic mass is 9.88. The lowest BCUT2D eigenvalue weighted by molar-refractivity contribution is -0.00429. The van der Waals surface area contributed by atoms with E-state index in [0.29, 0.717) is 13.2 Å². The van der Waals surface area contributed by atoms with Gasteiger partial charge in [-0.25, -0.2) is 0 Å². The molecule has 3 heteroatoms. The lowest BCUT2D eigenvalue weighted by Gasteiger charge is -2.26. The maximum atomic E-state index is 6.15. The molecule has 0 heterocycles. The molecule has 0 aromatic rings. The van der Waals surface area contributed by atoms with Gasteiger partial charge in [0, 0.05) is 12.6 Å². The van der Waals surface area contributed by atoms with Crippen LogP contribution in [-0.2, 0) is 9.47 Å². The van der Waals surface area contributed by atoms with E-state index in [1.807, 2.05) is 0 Å². The van der Waals surface area contributed by atoms with Crippen LogP contribution in [0.5, 0.6) is 0 Å². The van der Waals surface area contributed by atoms with Crippen molar-refractivity contribution >= 4 is 0 Å². The molecule has 0 saturated heterocycles. The average Bonchev–Trinajstić information content (AvgIpc) is 2.50. The van der Waals surface area contributed by atoms with Crippen LogP contribution in [0, 0.1) is 5.41 Å². The minimum atomic E-state index is 0.170. The Kier molecular flexibility index (Phi) is 5.73. The molecule has 96 valence electrons. The summed E-state index contributed by atoms with van der Waals surface area (Å²) in [6.45, 7) is 8.83. The highest BCUT2D eigenvalue weighted by Crippen LogP contribution is 2.37. The summed E-state index contributed by atoms with van der Waals surface area (Å²) in [6.07, 6.45) is 4.79. The van der Waals surface area contributed by atoms with Crippen molar-refractivity contribution in [3.63, 3.8) is 0 Å². The molecule has 0 aliphatic heterocycles. The van der Waals surface area contributed by atoms with Crippen LogP contribution in [0.25, 0.3) is 0 Å². The SMILES string of the molecule is CCCCOCCOC1CCC(C)(C)C1N. The van der Waals surface area contributed by atoms with Gasteiger partial charge in [-0.2, -0.15) is 0 Å². The summed E-state index contributed by atoms with van der Waals surface area (Å²) in [6, 6.07) is 0.170. The largest absolute Gasteiger partial charge is 0.379 e. The zero-order chi connectivity index (χ0) is 12.0. The van der Waals surface area contributed by atoms with Crippen LogP contribution in [0.2, 0.25) is 0 Å². The van der Waals surface area contributed by atoms with Gasteiger partial charge in [-0.1, -0.05) is 27.2 Å². The third-order valence-electron chi connectivity index (χ3n) is 3.58. The zero-order valence-corrected chi connectivity index (χ0v) is 11.0. The summed E-state index contributed by atoms with van der Waals surface area (Å²) in [4.78, 5) is 0. The Balaban J connectivity index is 2.06. The second kappa shape index (κ2) is 6.58. The Morgan fingerprint density at radius 1 is 1.25 bits per heavy atom. The minimum Gasteiger partial charge on any atom is -0.379 e. The Bertz CT molecular complexity index is 194. The van der Waals surface area contributed by atoms with Crippen LogP contribution in [-0.4, -0.2) is 32.0 Å². The van der Waals surface area contributed by atoms with E-state index in [0.717, 1.165) is 25.9 Å². The standard InChI is InChI=1S/C13H27NO2/c1-4-5-8-15-9-10-16-11-6-7-13(2,3)12(11)14/h11-12H,4-10,14H2,1-3H3. The molecule has 0 aromatic heterocycles. The molecular formula is C13H27NO2. The first-order chi connectivity index (χ1) is 7.58. The number of ether oxygens (including phenoxy) is 2. The van der Waals surface area contributed by atoms with Gasteiger partial charge in [-0.15, -0.1) is 0 Å². The van der Waals surface area contributed by atoms with Gasteiger partial charge in [0.05, 0.1) is 19.3 Å². The third kappa shape index (κ3) is 4.04. The summed E-state index contributed by atoms with van der Waals surface area (Å²) >= 11 is 0. The summed E-state index contributed by atoms with van der Waals surface area (Å²) in [5, 5.41) is 0. The van der Waals surface area contributed by atoms with Crippen molar-refractivity contribution in [2.45, 2.75) is 58.6 Å². The van der Waals surface area contributed by atoms with E-state index < -0.39 is 0 Å². The van der Waals surface area contributed by atoms with E-state index in [4.69, 9.17) is 15.2 Å². The molecule has 2 atom stereocenters. The Hall–Kier alpha value is -0.120. The smallest absolute Gasteiger partial charge is 0.0732 e. The van der Waals surface area contributed by atoms with E-state index in [1.165, 1.54) is 6.42 Å². The van der Waals surface area contributed by atoms with Gasteiger partial charge < -0.3 is 15.2 Å². The van der Waals surface area contributed by atoms with Crippen LogP contribution in [0.3, 0.4) is 0 Å². The molecule has 2 unspecified atom stereocenters. The second-order valence-electron chi connectivity index (χ2n) is 5.43. The van der Waals surface area contributed by atoms with Crippen LogP contribution in [0.15, 0.2) is 0 Å². The number of nitrogens with two attached hydrogens (primary N) is 1. The van der Waals surface area contributed by atoms with Crippen molar-refractivity contribution in [3.8, 4) is 0 Å². The summed E-state index contributed by atoms with van der Waals surface area (Å²) < 4.78 is 11.2. The molecule has 1 rings (SSSR count). The fourth-order valence-corrected chi connectivity index (χ4v) is 2.16. The highest BCUT2D eigenvalue weighted by atomic mass is 16.5. The monoisotopic (exact) mass is 229 g/mol. The van der Waals surface area contributed by atoms with Crippen LogP contribution in [0.4, 0.5) is 0 Å². The van der Waals surface area contributed by atoms with E-state index in [-0.39, 0.29) is 17.6 Å². The molecule has 0 amide bonds. The highest BCUT2D eigenvalue weighted by Gasteiger charge is 2.39. The molecule has 1 aliphatic rings. The predicted molar refractivity (Wildman–Crippen MR) is 66.5 cm³/mol. The number of hydrogen-bond acceptors (Lipinski definition) is 3. The van der Waals surface area contributed by atoms with E-state index >= 15 is 0 Å². The molecule has 1 saturated carbocycles. The van der Waals surface area contributed by atoms with Crippen LogP contribution in [0.1, 0.15) is 46.5 Å². The maximum Gasteiger partial charge on any atom is 0.0732 e. The van der Waals surface area contributed by atoms with E-state index in [2.05, 4.69) is 20.8 Å². The maximum absolute atomic E-state index is 6.15. The Labute approximate surface area is 99.7 Å². The molecule has 0 bridgehead atoms. The molecule has 3 nitrogen and oxygen atoms in total. The fraction of sp³-hybridized carbons (Fsp3) is 1.00. The van der Waals surface area contributed by atoms with Gasteiger partial charge in [0.2, 0.25) is 0 Å². The van der Waals surface area contributed by atoms with Gasteiger partial charge >= 0.3 is 0 Å². The summed E-state index contributed by atoms with van der Waals surface area (Å²) in [5.74, 6) is 0. The lowest BCUT2D eigenvalue weighted by Crippen LogP contribution is -2.41. The van der Waals surface area contributed by atoms with E-state index in [1.54, 1.807) is 0 Å². The highest BCUT2D eigenvalue weighted by molar-refractivity contribution is 4.94. The third-order valence-corrected chi connectivity index (χ3v) is 3.58. The summed E-state index contributed by atoms with van der Waals surface area (Å²) in [5.41, 5.74) is 6.38. The summed E-state index contributed by atoms with van der Waals surface area (Å²) in [7, 11) is 0. The van der Waals surface area contributed by atoms with Crippen molar-refractivity contribution in [3.05, 3.63) is 0 Å². The molecule has 1 fully saturated rings. The molecule has 0 aromatic carbocycles. The van der Waals surface area contributed by atoms with Crippen molar-refractivity contribution in [2.24, 2.45) is 11.1 Å². The van der Waals surface area contributed by atoms with Crippen molar-refractivity contribution in [2.75, 3.05) is 19.8 Å². The molecule has 1 aliphatic carbocycles. The first kappa shape index (κ1) is 13.9. The first-order valence-electron chi connectivity index (χ1n) is 6.53. The topological polar surface area (TPSA) is 44.5 Å². The van der Waals surface area contributed by atoms with Crippen LogP contribution < -0.4 is 5.73 Å². The normalized spacial score (nSPS) is 28.5. The van der Waals surface area contributed by atoms with Crippen molar-refractivity contribution in [1.29, 1.82) is 0 Å². The van der Waals surface area contributed by atoms with Gasteiger partial charge in [0.1, 0.15) is 0 Å². The minimum absolute atomic E-state index is 0.170. The molecule has 16 heavy (non-hydrogen) atoms. The van der Waals surface area contributed by atoms with Crippen LogP contribution >= 0.6 is 0 Å². The first-order valence-corrected chi connectivity index (χ1v) is 6.53. The second-order valence-corrected chi connectivity index (χ2v) is 5.43. The van der Waals surface area contributed by atoms with Gasteiger partial charge in [0.15, 0.2) is 0 Å². The van der Waals surface area contributed by atoms with Crippen molar-refractivity contribution in [1.82, 2.24) is 0 Å². The van der Waals surface area contributed by atoms with Gasteiger partial charge in [-0.05, 0) is 24.7 Å². The van der Waals surface area contributed by atoms with Gasteiger partial charge in [-0.3, -0.25) is 0 Å². The average molecular weight is 229 g/mol. The molecule has 0 spiro atoms. The molecule has 0 radical (unpaired) electrons. The predicted octanol–water partition coefficient (Wildman–Crippen LogP) is 2.34. The van der Waals surface area contributed by atoms with Crippen molar-refractivity contribution < 1.29 is 9.47 Å². The quantitative estimate of drug-likeness (QED) is 0.681. The molecule has 2 N–H and O–H groups in total. The zero-order valence-electron chi connectivity index (χ0n) is 11.0. The number of unbranched alkanes of at least 4 members (excludes halogenated alkanes) is 1. The van der Waals surface area contributed by atoms with Gasteiger partial charge in [0.25, 0.3) is 0 Å². The number of rotatable bonds is 7.